The molecule has 0 saturated carbocycles. The molecule has 1 N–H and O–H groups in total. The highest BCUT2D eigenvalue weighted by Gasteiger charge is 2.64. The molecule has 1 unspecified atom stereocenters. The average molecular weight is 410 g/mol. The Kier molecular flexibility index (Phi) is 6.11. The summed E-state index contributed by atoms with van der Waals surface area (Å²) in [6, 6.07) is -1.20. The van der Waals surface area contributed by atoms with Crippen molar-refractivity contribution in [3.63, 3.8) is 0 Å². The van der Waals surface area contributed by atoms with Gasteiger partial charge in [0.05, 0.1) is 6.61 Å². The maximum absolute atomic E-state index is 13.8. The van der Waals surface area contributed by atoms with E-state index >= 15 is 0 Å². The molecular weight excluding hydrogens is 379 g/mol. The topological polar surface area (TPSA) is 102 Å². The molecule has 27 heavy (non-hydrogen) atoms. The third kappa shape index (κ3) is 4.13. The third-order valence-electron chi connectivity index (χ3n) is 4.75. The molecule has 158 valence electrons. The van der Waals surface area contributed by atoms with Crippen molar-refractivity contribution in [3.05, 3.63) is 0 Å². The molecule has 3 aliphatic heterocycles. The van der Waals surface area contributed by atoms with Crippen molar-refractivity contribution < 1.29 is 42.6 Å². The van der Waals surface area contributed by atoms with Crippen LogP contribution in [-0.2, 0) is 37.5 Å². The molecule has 3 heterocycles. The van der Waals surface area contributed by atoms with Crippen molar-refractivity contribution in [3.8, 4) is 0 Å². The summed E-state index contributed by atoms with van der Waals surface area (Å²) in [6.07, 6.45) is -2.82. The number of hydrogen-bond acceptors (Lipinski definition) is 9. The van der Waals surface area contributed by atoms with Crippen molar-refractivity contribution >= 4 is 7.37 Å². The minimum absolute atomic E-state index is 0.245. The van der Waals surface area contributed by atoms with E-state index in [2.05, 4.69) is 0 Å². The van der Waals surface area contributed by atoms with Gasteiger partial charge in [-0.05, 0) is 41.5 Å². The summed E-state index contributed by atoms with van der Waals surface area (Å²) in [7, 11) is -3.85. The van der Waals surface area contributed by atoms with E-state index < -0.39 is 55.2 Å². The van der Waals surface area contributed by atoms with E-state index in [1.54, 1.807) is 41.5 Å². The van der Waals surface area contributed by atoms with Crippen LogP contribution in [0.1, 0.15) is 41.5 Å². The van der Waals surface area contributed by atoms with Crippen molar-refractivity contribution in [2.75, 3.05) is 19.8 Å². The summed E-state index contributed by atoms with van der Waals surface area (Å²) in [5, 5.41) is 10.9. The summed E-state index contributed by atoms with van der Waals surface area (Å²) >= 11 is 0. The molecule has 3 saturated heterocycles. The highest BCUT2D eigenvalue weighted by Crippen LogP contribution is 2.64. The molecule has 0 spiro atoms. The quantitative estimate of drug-likeness (QED) is 0.520. The van der Waals surface area contributed by atoms with Gasteiger partial charge in [0, 0.05) is 13.2 Å². The highest BCUT2D eigenvalue weighted by atomic mass is 31.2. The maximum atomic E-state index is 13.8. The van der Waals surface area contributed by atoms with Crippen molar-refractivity contribution in [2.24, 2.45) is 0 Å². The average Bonchev–Trinajstić information content (AvgIpc) is 3.09. The highest BCUT2D eigenvalue weighted by molar-refractivity contribution is 7.60. The zero-order chi connectivity index (χ0) is 20.0. The predicted octanol–water partition coefficient (Wildman–Crippen LogP) is 2.01. The van der Waals surface area contributed by atoms with Crippen LogP contribution >= 0.6 is 7.37 Å². The fourth-order valence-corrected chi connectivity index (χ4v) is 6.15. The Morgan fingerprint density at radius 1 is 1.00 bits per heavy atom. The second kappa shape index (κ2) is 7.63. The van der Waals surface area contributed by atoms with E-state index in [0.29, 0.717) is 0 Å². The zero-order valence-electron chi connectivity index (χ0n) is 16.7. The van der Waals surface area contributed by atoms with Gasteiger partial charge in [0.1, 0.15) is 24.4 Å². The molecule has 6 atom stereocenters. The van der Waals surface area contributed by atoms with E-state index in [1.165, 1.54) is 0 Å². The van der Waals surface area contributed by atoms with Crippen LogP contribution in [-0.4, -0.2) is 72.8 Å². The SMILES string of the molecule is CCOC(OCC)[P@]1(=O)O[C@H]([C@H]2COC(C)(C)O2)[C@@H]2OC(C)(C)O[C@@H]2C1O. The maximum Gasteiger partial charge on any atom is 0.288 e. The number of aliphatic hydroxyl groups excluding tert-OH is 1. The fraction of sp³-hybridized carbons (Fsp3) is 1.00. The molecular formula is C17H31O9P. The standard InChI is InChI=1S/C17H31O9P/c1-7-20-15(21-8-2)27(19)14(18)13-12(24-17(5,6)25-13)11(26-27)10-9-22-16(3,4)23-10/h10-15,18H,7-9H2,1-6H3/t10-,11-,12+,13+,14?,27-/m1/s1. The summed E-state index contributed by atoms with van der Waals surface area (Å²) < 4.78 is 54.2. The summed E-state index contributed by atoms with van der Waals surface area (Å²) in [5.41, 5.74) is 0. The van der Waals surface area contributed by atoms with Crippen molar-refractivity contribution in [1.82, 2.24) is 0 Å². The van der Waals surface area contributed by atoms with Gasteiger partial charge in [0.2, 0.25) is 6.03 Å². The Morgan fingerprint density at radius 2 is 1.59 bits per heavy atom. The summed E-state index contributed by atoms with van der Waals surface area (Å²) in [5.74, 6) is -3.20. The van der Waals surface area contributed by atoms with E-state index in [4.69, 9.17) is 32.9 Å². The number of fused-ring (bicyclic) bond motifs is 1. The summed E-state index contributed by atoms with van der Waals surface area (Å²) in [6.45, 7) is 11.3. The van der Waals surface area contributed by atoms with E-state index in [-0.39, 0.29) is 19.8 Å². The molecule has 0 amide bonds. The lowest BCUT2D eigenvalue weighted by Crippen LogP contribution is -2.55. The van der Waals surface area contributed by atoms with Crippen molar-refractivity contribution in [1.29, 1.82) is 0 Å². The predicted molar refractivity (Wildman–Crippen MR) is 94.3 cm³/mol. The van der Waals surface area contributed by atoms with E-state index in [1.807, 2.05) is 0 Å². The normalized spacial score (nSPS) is 43.2. The minimum Gasteiger partial charge on any atom is -0.380 e. The van der Waals surface area contributed by atoms with Crippen LogP contribution in [0.5, 0.6) is 0 Å². The van der Waals surface area contributed by atoms with Gasteiger partial charge in [-0.25, -0.2) is 0 Å². The first-order valence-corrected chi connectivity index (χ1v) is 11.2. The molecule has 3 aliphatic rings. The van der Waals surface area contributed by atoms with Gasteiger partial charge in [-0.2, -0.15) is 0 Å². The van der Waals surface area contributed by atoms with E-state index in [9.17, 15) is 9.67 Å². The van der Waals surface area contributed by atoms with Crippen LogP contribution in [0.2, 0.25) is 0 Å². The van der Waals surface area contributed by atoms with Gasteiger partial charge >= 0.3 is 0 Å². The Labute approximate surface area is 160 Å². The van der Waals surface area contributed by atoms with Crippen LogP contribution in [0.25, 0.3) is 0 Å². The largest absolute Gasteiger partial charge is 0.380 e. The Morgan fingerprint density at radius 3 is 2.11 bits per heavy atom. The fourth-order valence-electron chi connectivity index (χ4n) is 3.69. The zero-order valence-corrected chi connectivity index (χ0v) is 17.6. The molecule has 0 bridgehead atoms. The lowest BCUT2D eigenvalue weighted by molar-refractivity contribution is -0.176. The third-order valence-corrected chi connectivity index (χ3v) is 7.24. The molecule has 0 aromatic carbocycles. The first-order chi connectivity index (χ1) is 12.5. The van der Waals surface area contributed by atoms with Crippen molar-refractivity contribution in [2.45, 2.75) is 89.4 Å². The Balaban J connectivity index is 1.94. The number of hydrogen-bond donors (Lipinski definition) is 1. The molecule has 0 aliphatic carbocycles. The lowest BCUT2D eigenvalue weighted by atomic mass is 10.0. The van der Waals surface area contributed by atoms with Gasteiger partial charge in [-0.3, -0.25) is 4.57 Å². The number of rotatable bonds is 6. The smallest absolute Gasteiger partial charge is 0.288 e. The molecule has 0 aromatic heterocycles. The summed E-state index contributed by atoms with van der Waals surface area (Å²) in [4.78, 5) is 0. The molecule has 3 fully saturated rings. The molecule has 0 radical (unpaired) electrons. The van der Waals surface area contributed by atoms with Gasteiger partial charge in [0.15, 0.2) is 17.4 Å². The second-order valence-corrected chi connectivity index (χ2v) is 10.2. The van der Waals surface area contributed by atoms with Crippen LogP contribution < -0.4 is 0 Å². The first kappa shape index (κ1) is 21.6. The van der Waals surface area contributed by atoms with Gasteiger partial charge < -0.3 is 38.1 Å². The van der Waals surface area contributed by atoms with Crippen LogP contribution in [0.3, 0.4) is 0 Å². The lowest BCUT2D eigenvalue weighted by Gasteiger charge is -2.43. The molecule has 9 nitrogen and oxygen atoms in total. The van der Waals surface area contributed by atoms with Crippen LogP contribution in [0.15, 0.2) is 0 Å². The Bertz CT molecular complexity index is 575. The second-order valence-electron chi connectivity index (χ2n) is 7.78. The molecule has 0 aromatic rings. The first-order valence-electron chi connectivity index (χ1n) is 9.39. The number of ether oxygens (including phenoxy) is 6. The monoisotopic (exact) mass is 410 g/mol. The van der Waals surface area contributed by atoms with Gasteiger partial charge in [-0.1, -0.05) is 0 Å². The molecule has 3 rings (SSSR count). The van der Waals surface area contributed by atoms with Crippen LogP contribution in [0.4, 0.5) is 0 Å². The van der Waals surface area contributed by atoms with Crippen LogP contribution in [0, 0.1) is 0 Å². The van der Waals surface area contributed by atoms with E-state index in [0.717, 1.165) is 0 Å². The Hall–Kier alpha value is -0.0900. The minimum atomic E-state index is -3.85. The van der Waals surface area contributed by atoms with Gasteiger partial charge in [0.25, 0.3) is 7.37 Å². The number of aliphatic hydroxyl groups is 1. The van der Waals surface area contributed by atoms with Gasteiger partial charge in [-0.15, -0.1) is 0 Å². The molecule has 10 heteroatoms.